The molecule has 33 heavy (non-hydrogen) atoms. The van der Waals surface area contributed by atoms with Gasteiger partial charge >= 0.3 is 0 Å². The highest BCUT2D eigenvalue weighted by Crippen LogP contribution is 2.22. The Morgan fingerprint density at radius 3 is 2.39 bits per heavy atom. The van der Waals surface area contributed by atoms with Crippen molar-refractivity contribution in [2.45, 2.75) is 18.6 Å². The zero-order valence-electron chi connectivity index (χ0n) is 18.2. The molecule has 3 aromatic carbocycles. The van der Waals surface area contributed by atoms with Gasteiger partial charge in [-0.2, -0.15) is 5.10 Å². The van der Waals surface area contributed by atoms with Gasteiger partial charge in [-0.15, -0.1) is 10.2 Å². The summed E-state index contributed by atoms with van der Waals surface area (Å²) < 4.78 is 1.96. The van der Waals surface area contributed by atoms with Crippen LogP contribution in [0.3, 0.4) is 0 Å². The molecule has 4 aromatic rings. The van der Waals surface area contributed by atoms with E-state index in [0.29, 0.717) is 11.7 Å². The van der Waals surface area contributed by atoms with Gasteiger partial charge in [-0.1, -0.05) is 78.0 Å². The lowest BCUT2D eigenvalue weighted by Crippen LogP contribution is -2.20. The van der Waals surface area contributed by atoms with Gasteiger partial charge in [0.05, 0.1) is 18.5 Å². The monoisotopic (exact) mass is 456 g/mol. The predicted octanol–water partition coefficient (Wildman–Crippen LogP) is 4.43. The van der Waals surface area contributed by atoms with E-state index >= 15 is 0 Å². The number of carbonyl (C=O) groups excluding carboxylic acids is 1. The SMILES string of the molecule is Cc1ccc(NCc2nnc(SCC(=O)N/N=C\c3ccccc3)n2-c2ccccc2)cc1. The third-order valence-electron chi connectivity index (χ3n) is 4.75. The van der Waals surface area contributed by atoms with Gasteiger partial charge < -0.3 is 5.32 Å². The van der Waals surface area contributed by atoms with E-state index in [1.54, 1.807) is 6.21 Å². The van der Waals surface area contributed by atoms with Crippen LogP contribution in [0.15, 0.2) is 95.2 Å². The number of carbonyl (C=O) groups is 1. The first-order chi connectivity index (χ1) is 16.2. The van der Waals surface area contributed by atoms with Crippen molar-refractivity contribution in [3.63, 3.8) is 0 Å². The molecule has 2 N–H and O–H groups in total. The van der Waals surface area contributed by atoms with Gasteiger partial charge in [-0.3, -0.25) is 9.36 Å². The van der Waals surface area contributed by atoms with Crippen LogP contribution in [-0.2, 0) is 11.3 Å². The number of para-hydroxylation sites is 1. The van der Waals surface area contributed by atoms with Crippen LogP contribution in [0.2, 0.25) is 0 Å². The quantitative estimate of drug-likeness (QED) is 0.221. The molecule has 0 saturated carbocycles. The molecule has 7 nitrogen and oxygen atoms in total. The van der Waals surface area contributed by atoms with Gasteiger partial charge in [-0.05, 0) is 36.8 Å². The predicted molar refractivity (Wildman–Crippen MR) is 133 cm³/mol. The van der Waals surface area contributed by atoms with Crippen LogP contribution >= 0.6 is 11.8 Å². The van der Waals surface area contributed by atoms with Crippen molar-refractivity contribution in [2.24, 2.45) is 5.10 Å². The van der Waals surface area contributed by atoms with Crippen LogP contribution in [0.4, 0.5) is 5.69 Å². The van der Waals surface area contributed by atoms with Gasteiger partial charge in [0, 0.05) is 11.4 Å². The number of rotatable bonds is 9. The van der Waals surface area contributed by atoms with Gasteiger partial charge in [0.15, 0.2) is 11.0 Å². The maximum absolute atomic E-state index is 12.3. The number of aromatic nitrogens is 3. The Labute approximate surface area is 197 Å². The van der Waals surface area contributed by atoms with Gasteiger partial charge in [0.25, 0.3) is 5.91 Å². The third kappa shape index (κ3) is 6.30. The summed E-state index contributed by atoms with van der Waals surface area (Å²) in [6, 6.07) is 27.7. The highest BCUT2D eigenvalue weighted by molar-refractivity contribution is 7.99. The Kier molecular flexibility index (Phi) is 7.50. The largest absolute Gasteiger partial charge is 0.378 e. The van der Waals surface area contributed by atoms with Crippen molar-refractivity contribution in [3.05, 3.63) is 102 Å². The molecule has 0 aliphatic heterocycles. The number of hydrogen-bond donors (Lipinski definition) is 2. The Morgan fingerprint density at radius 2 is 1.67 bits per heavy atom. The number of amides is 1. The molecule has 4 rings (SSSR count). The van der Waals surface area contributed by atoms with Gasteiger partial charge in [0.1, 0.15) is 0 Å². The molecule has 0 aliphatic carbocycles. The molecule has 0 atom stereocenters. The third-order valence-corrected chi connectivity index (χ3v) is 5.68. The lowest BCUT2D eigenvalue weighted by Gasteiger charge is -2.11. The van der Waals surface area contributed by atoms with E-state index < -0.39 is 0 Å². The second kappa shape index (κ2) is 11.1. The second-order valence-corrected chi connectivity index (χ2v) is 8.22. The molecule has 166 valence electrons. The molecule has 1 amide bonds. The standard InChI is InChI=1S/C25H24N6OS/c1-19-12-14-21(15-13-19)26-17-23-28-30-25(31(23)22-10-6-3-7-11-22)33-18-24(32)29-27-16-20-8-4-2-5-9-20/h2-16,26H,17-18H2,1H3,(H,29,32)/b27-16-. The molecule has 0 spiro atoms. The van der Waals surface area contributed by atoms with Crippen LogP contribution in [0, 0.1) is 6.92 Å². The van der Waals surface area contributed by atoms with Crippen molar-refractivity contribution in [3.8, 4) is 5.69 Å². The van der Waals surface area contributed by atoms with Crippen LogP contribution in [0.25, 0.3) is 5.69 Å². The second-order valence-electron chi connectivity index (χ2n) is 7.28. The first kappa shape index (κ1) is 22.3. The summed E-state index contributed by atoms with van der Waals surface area (Å²) in [6.07, 6.45) is 1.61. The molecule has 0 radical (unpaired) electrons. The van der Waals surface area contributed by atoms with Crippen LogP contribution < -0.4 is 10.7 Å². The lowest BCUT2D eigenvalue weighted by atomic mass is 10.2. The molecular weight excluding hydrogens is 432 g/mol. The lowest BCUT2D eigenvalue weighted by molar-refractivity contribution is -0.118. The zero-order valence-corrected chi connectivity index (χ0v) is 19.0. The first-order valence-corrected chi connectivity index (χ1v) is 11.5. The van der Waals surface area contributed by atoms with Crippen molar-refractivity contribution in [2.75, 3.05) is 11.1 Å². The minimum absolute atomic E-state index is 0.169. The van der Waals surface area contributed by atoms with Crippen molar-refractivity contribution >= 4 is 29.6 Å². The normalized spacial score (nSPS) is 10.9. The van der Waals surface area contributed by atoms with Crippen LogP contribution in [-0.4, -0.2) is 32.6 Å². The molecule has 0 aliphatic rings. The number of nitrogens with one attached hydrogen (secondary N) is 2. The van der Waals surface area contributed by atoms with E-state index in [1.165, 1.54) is 17.3 Å². The molecule has 8 heteroatoms. The first-order valence-electron chi connectivity index (χ1n) is 10.5. The summed E-state index contributed by atoms with van der Waals surface area (Å²) in [5.41, 5.74) is 6.63. The van der Waals surface area contributed by atoms with E-state index in [-0.39, 0.29) is 11.7 Å². The minimum Gasteiger partial charge on any atom is -0.378 e. The van der Waals surface area contributed by atoms with Gasteiger partial charge in [0.2, 0.25) is 0 Å². The van der Waals surface area contributed by atoms with E-state index in [4.69, 9.17) is 0 Å². The summed E-state index contributed by atoms with van der Waals surface area (Å²) >= 11 is 1.32. The summed E-state index contributed by atoms with van der Waals surface area (Å²) in [5.74, 6) is 0.712. The highest BCUT2D eigenvalue weighted by Gasteiger charge is 2.15. The summed E-state index contributed by atoms with van der Waals surface area (Å²) in [4.78, 5) is 12.3. The Balaban J connectivity index is 1.43. The van der Waals surface area contributed by atoms with Crippen molar-refractivity contribution in [1.29, 1.82) is 0 Å². The zero-order chi connectivity index (χ0) is 22.9. The molecule has 1 aromatic heterocycles. The topological polar surface area (TPSA) is 84.2 Å². The molecule has 0 unspecified atom stereocenters. The maximum atomic E-state index is 12.3. The number of nitrogens with zero attached hydrogens (tertiary/aromatic N) is 4. The fourth-order valence-corrected chi connectivity index (χ4v) is 3.84. The molecule has 0 bridgehead atoms. The molecule has 0 saturated heterocycles. The Hall–Kier alpha value is -3.91. The number of aryl methyl sites for hydroxylation is 1. The molecular formula is C25H24N6OS. The summed E-state index contributed by atoms with van der Waals surface area (Å²) in [6.45, 7) is 2.56. The number of thioether (sulfide) groups is 1. The number of hydrogen-bond acceptors (Lipinski definition) is 6. The number of benzene rings is 3. The molecule has 1 heterocycles. The van der Waals surface area contributed by atoms with Crippen molar-refractivity contribution < 1.29 is 4.79 Å². The van der Waals surface area contributed by atoms with E-state index in [1.807, 2.05) is 77.4 Å². The van der Waals surface area contributed by atoms with E-state index in [2.05, 4.69) is 45.1 Å². The van der Waals surface area contributed by atoms with Crippen LogP contribution in [0.5, 0.6) is 0 Å². The number of anilines is 1. The number of hydrazone groups is 1. The van der Waals surface area contributed by atoms with E-state index in [0.717, 1.165) is 22.8 Å². The Morgan fingerprint density at radius 1 is 0.970 bits per heavy atom. The van der Waals surface area contributed by atoms with Crippen LogP contribution in [0.1, 0.15) is 17.0 Å². The van der Waals surface area contributed by atoms with Crippen molar-refractivity contribution in [1.82, 2.24) is 20.2 Å². The van der Waals surface area contributed by atoms with E-state index in [9.17, 15) is 4.79 Å². The smallest absolute Gasteiger partial charge is 0.250 e. The minimum atomic E-state index is -0.214. The summed E-state index contributed by atoms with van der Waals surface area (Å²) in [7, 11) is 0. The fraction of sp³-hybridized carbons (Fsp3) is 0.120. The Bertz CT molecular complexity index is 1210. The average molecular weight is 457 g/mol. The van der Waals surface area contributed by atoms with Gasteiger partial charge in [-0.25, -0.2) is 5.43 Å². The summed E-state index contributed by atoms with van der Waals surface area (Å²) in [5, 5.41) is 16.8. The molecule has 0 fully saturated rings. The fourth-order valence-electron chi connectivity index (χ4n) is 3.08. The maximum Gasteiger partial charge on any atom is 0.250 e. The average Bonchev–Trinajstić information content (AvgIpc) is 3.26. The highest BCUT2D eigenvalue weighted by atomic mass is 32.2.